The number of rotatable bonds is 2. The Morgan fingerprint density at radius 2 is 1.82 bits per heavy atom. The Kier molecular flexibility index (Phi) is 3.59. The summed E-state index contributed by atoms with van der Waals surface area (Å²) < 4.78 is 0.992. The summed E-state index contributed by atoms with van der Waals surface area (Å²) in [7, 11) is 0. The number of hydrogen-bond donors (Lipinski definition) is 1. The molecule has 0 heterocycles. The maximum absolute atomic E-state index is 11.9. The van der Waals surface area contributed by atoms with Gasteiger partial charge in [0.05, 0.1) is 0 Å². The van der Waals surface area contributed by atoms with Crippen LogP contribution in [-0.2, 0) is 0 Å². The molecule has 0 aliphatic rings. The molecule has 2 aromatic carbocycles. The number of aryl methyl sites for hydroxylation is 1. The van der Waals surface area contributed by atoms with E-state index in [1.165, 1.54) is 0 Å². The molecule has 0 aromatic heterocycles. The van der Waals surface area contributed by atoms with Crippen LogP contribution < -0.4 is 5.32 Å². The smallest absolute Gasteiger partial charge is 0.255 e. The third kappa shape index (κ3) is 3.17. The van der Waals surface area contributed by atoms with Crippen molar-refractivity contribution in [3.63, 3.8) is 0 Å². The molecule has 86 valence electrons. The van der Waals surface area contributed by atoms with Crippen molar-refractivity contribution in [2.24, 2.45) is 0 Å². The number of carbonyl (C=O) groups is 1. The average Bonchev–Trinajstić information content (AvgIpc) is 2.32. The first-order valence-corrected chi connectivity index (χ1v) is 6.08. The summed E-state index contributed by atoms with van der Waals surface area (Å²) in [5, 5.41) is 2.85. The van der Waals surface area contributed by atoms with Crippen LogP contribution in [0.1, 0.15) is 15.9 Å². The van der Waals surface area contributed by atoms with Gasteiger partial charge in [-0.15, -0.1) is 0 Å². The lowest BCUT2D eigenvalue weighted by Crippen LogP contribution is -2.11. The normalized spacial score (nSPS) is 10.0. The standard InChI is InChI=1S/C14H12BrNO/c1-10-3-2-4-11(9-10)14(17)16-13-7-5-12(15)6-8-13/h2-9H,1H3,(H,16,17). The molecule has 0 aliphatic carbocycles. The Balaban J connectivity index is 2.14. The van der Waals surface area contributed by atoms with Gasteiger partial charge in [0.15, 0.2) is 0 Å². The van der Waals surface area contributed by atoms with Crippen molar-refractivity contribution in [2.45, 2.75) is 6.92 Å². The van der Waals surface area contributed by atoms with Crippen molar-refractivity contribution in [3.8, 4) is 0 Å². The highest BCUT2D eigenvalue weighted by atomic mass is 79.9. The fourth-order valence-electron chi connectivity index (χ4n) is 1.52. The molecule has 0 spiro atoms. The van der Waals surface area contributed by atoms with Crippen molar-refractivity contribution in [1.29, 1.82) is 0 Å². The zero-order valence-electron chi connectivity index (χ0n) is 9.41. The summed E-state index contributed by atoms with van der Waals surface area (Å²) in [5.41, 5.74) is 2.54. The van der Waals surface area contributed by atoms with Crippen LogP contribution in [0.25, 0.3) is 0 Å². The van der Waals surface area contributed by atoms with Gasteiger partial charge in [-0.05, 0) is 43.3 Å². The fraction of sp³-hybridized carbons (Fsp3) is 0.0714. The van der Waals surface area contributed by atoms with Gasteiger partial charge in [0.2, 0.25) is 0 Å². The predicted molar refractivity (Wildman–Crippen MR) is 73.3 cm³/mol. The van der Waals surface area contributed by atoms with Gasteiger partial charge in [0, 0.05) is 15.7 Å². The summed E-state index contributed by atoms with van der Waals surface area (Å²) in [4.78, 5) is 11.9. The molecule has 0 atom stereocenters. The van der Waals surface area contributed by atoms with Gasteiger partial charge >= 0.3 is 0 Å². The number of hydrogen-bond acceptors (Lipinski definition) is 1. The van der Waals surface area contributed by atoms with Gasteiger partial charge in [-0.25, -0.2) is 0 Å². The molecule has 0 saturated carbocycles. The van der Waals surface area contributed by atoms with Crippen LogP contribution in [0.3, 0.4) is 0 Å². The number of nitrogens with one attached hydrogen (secondary N) is 1. The highest BCUT2D eigenvalue weighted by Gasteiger charge is 2.05. The molecular formula is C14H12BrNO. The summed E-state index contributed by atoms with van der Waals surface area (Å²) in [5.74, 6) is -0.0870. The minimum absolute atomic E-state index is 0.0870. The number of amides is 1. The minimum atomic E-state index is -0.0870. The van der Waals surface area contributed by atoms with E-state index in [0.717, 1.165) is 15.7 Å². The van der Waals surface area contributed by atoms with E-state index in [9.17, 15) is 4.79 Å². The molecule has 2 rings (SSSR count). The van der Waals surface area contributed by atoms with E-state index in [1.54, 1.807) is 6.07 Å². The van der Waals surface area contributed by atoms with E-state index in [-0.39, 0.29) is 5.91 Å². The fourth-order valence-corrected chi connectivity index (χ4v) is 1.79. The Morgan fingerprint density at radius 1 is 1.12 bits per heavy atom. The highest BCUT2D eigenvalue weighted by molar-refractivity contribution is 9.10. The molecular weight excluding hydrogens is 278 g/mol. The van der Waals surface area contributed by atoms with Gasteiger partial charge in [-0.2, -0.15) is 0 Å². The number of carbonyl (C=O) groups excluding carboxylic acids is 1. The van der Waals surface area contributed by atoms with Crippen LogP contribution >= 0.6 is 15.9 Å². The molecule has 0 aliphatic heterocycles. The molecule has 17 heavy (non-hydrogen) atoms. The monoisotopic (exact) mass is 289 g/mol. The van der Waals surface area contributed by atoms with E-state index >= 15 is 0 Å². The molecule has 2 aromatic rings. The molecule has 3 heteroatoms. The minimum Gasteiger partial charge on any atom is -0.322 e. The third-order valence-electron chi connectivity index (χ3n) is 2.38. The Morgan fingerprint density at radius 3 is 2.47 bits per heavy atom. The second kappa shape index (κ2) is 5.15. The number of halogens is 1. The maximum Gasteiger partial charge on any atom is 0.255 e. The zero-order valence-corrected chi connectivity index (χ0v) is 11.0. The van der Waals surface area contributed by atoms with Crippen LogP contribution in [0.15, 0.2) is 53.0 Å². The molecule has 0 fully saturated rings. The Hall–Kier alpha value is -1.61. The molecule has 1 N–H and O–H groups in total. The highest BCUT2D eigenvalue weighted by Crippen LogP contribution is 2.15. The summed E-state index contributed by atoms with van der Waals surface area (Å²) >= 11 is 3.35. The summed E-state index contributed by atoms with van der Waals surface area (Å²) in [6.07, 6.45) is 0. The summed E-state index contributed by atoms with van der Waals surface area (Å²) in [6, 6.07) is 15.0. The maximum atomic E-state index is 11.9. The van der Waals surface area contributed by atoms with Crippen molar-refractivity contribution in [1.82, 2.24) is 0 Å². The zero-order chi connectivity index (χ0) is 12.3. The van der Waals surface area contributed by atoms with Crippen molar-refractivity contribution in [3.05, 3.63) is 64.1 Å². The third-order valence-corrected chi connectivity index (χ3v) is 2.91. The van der Waals surface area contributed by atoms with Gasteiger partial charge in [-0.3, -0.25) is 4.79 Å². The van der Waals surface area contributed by atoms with Crippen molar-refractivity contribution in [2.75, 3.05) is 5.32 Å². The lowest BCUT2D eigenvalue weighted by molar-refractivity contribution is 0.102. The average molecular weight is 290 g/mol. The van der Waals surface area contributed by atoms with Crippen LogP contribution in [0.2, 0.25) is 0 Å². The molecule has 0 saturated heterocycles. The Bertz CT molecular complexity index is 534. The van der Waals surface area contributed by atoms with Crippen LogP contribution in [0.5, 0.6) is 0 Å². The summed E-state index contributed by atoms with van der Waals surface area (Å²) in [6.45, 7) is 1.97. The molecule has 0 bridgehead atoms. The first-order chi connectivity index (χ1) is 8.15. The molecule has 0 unspecified atom stereocenters. The van der Waals surface area contributed by atoms with Crippen molar-refractivity contribution >= 4 is 27.5 Å². The van der Waals surface area contributed by atoms with E-state index in [2.05, 4.69) is 21.2 Å². The largest absolute Gasteiger partial charge is 0.322 e. The lowest BCUT2D eigenvalue weighted by atomic mass is 10.1. The van der Waals surface area contributed by atoms with E-state index < -0.39 is 0 Å². The number of benzene rings is 2. The molecule has 1 amide bonds. The van der Waals surface area contributed by atoms with E-state index in [1.807, 2.05) is 49.4 Å². The number of anilines is 1. The van der Waals surface area contributed by atoms with Crippen LogP contribution in [-0.4, -0.2) is 5.91 Å². The van der Waals surface area contributed by atoms with Gasteiger partial charge < -0.3 is 5.32 Å². The van der Waals surface area contributed by atoms with E-state index in [0.29, 0.717) is 5.56 Å². The Labute approximate surface area is 109 Å². The van der Waals surface area contributed by atoms with Gasteiger partial charge in [-0.1, -0.05) is 33.6 Å². The lowest BCUT2D eigenvalue weighted by Gasteiger charge is -2.05. The first kappa shape index (κ1) is 11.9. The van der Waals surface area contributed by atoms with E-state index in [4.69, 9.17) is 0 Å². The second-order valence-electron chi connectivity index (χ2n) is 3.83. The van der Waals surface area contributed by atoms with Gasteiger partial charge in [0.25, 0.3) is 5.91 Å². The predicted octanol–water partition coefficient (Wildman–Crippen LogP) is 4.01. The van der Waals surface area contributed by atoms with Gasteiger partial charge in [0.1, 0.15) is 0 Å². The second-order valence-corrected chi connectivity index (χ2v) is 4.75. The van der Waals surface area contributed by atoms with Crippen LogP contribution in [0, 0.1) is 6.92 Å². The van der Waals surface area contributed by atoms with Crippen molar-refractivity contribution < 1.29 is 4.79 Å². The van der Waals surface area contributed by atoms with Crippen LogP contribution in [0.4, 0.5) is 5.69 Å². The topological polar surface area (TPSA) is 29.1 Å². The first-order valence-electron chi connectivity index (χ1n) is 5.29. The SMILES string of the molecule is Cc1cccc(C(=O)Nc2ccc(Br)cc2)c1. The molecule has 2 nitrogen and oxygen atoms in total. The molecule has 0 radical (unpaired) electrons. The quantitative estimate of drug-likeness (QED) is 0.889.